The summed E-state index contributed by atoms with van der Waals surface area (Å²) in [6.45, 7) is 11.9. The second kappa shape index (κ2) is 6.34. The van der Waals surface area contributed by atoms with Crippen LogP contribution in [-0.2, 0) is 0 Å². The van der Waals surface area contributed by atoms with E-state index < -0.39 is 0 Å². The maximum Gasteiger partial charge on any atom is 0.130 e. The molecule has 17 heavy (non-hydrogen) atoms. The van der Waals surface area contributed by atoms with Crippen molar-refractivity contribution in [2.75, 3.05) is 11.9 Å². The predicted octanol–water partition coefficient (Wildman–Crippen LogP) is 3.89. The molecular formula is C13H22BrN3. The molecule has 1 rings (SSSR count). The summed E-state index contributed by atoms with van der Waals surface area (Å²) < 4.78 is 0.832. The first-order chi connectivity index (χ1) is 7.90. The Morgan fingerprint density at radius 2 is 1.76 bits per heavy atom. The van der Waals surface area contributed by atoms with E-state index in [0.29, 0.717) is 17.8 Å². The van der Waals surface area contributed by atoms with Gasteiger partial charge in [0.25, 0.3) is 0 Å². The molecule has 1 N–H and O–H groups in total. The number of halogens is 1. The van der Waals surface area contributed by atoms with E-state index in [1.807, 2.05) is 13.0 Å². The van der Waals surface area contributed by atoms with Crippen LogP contribution in [-0.4, -0.2) is 16.5 Å². The summed E-state index contributed by atoms with van der Waals surface area (Å²) in [5, 5.41) is 3.41. The van der Waals surface area contributed by atoms with Gasteiger partial charge in [-0.2, -0.15) is 0 Å². The van der Waals surface area contributed by atoms with Gasteiger partial charge in [-0.25, -0.2) is 9.97 Å². The lowest BCUT2D eigenvalue weighted by molar-refractivity contribution is 0.304. The number of aryl methyl sites for hydroxylation is 1. The molecule has 0 amide bonds. The minimum atomic E-state index is 0.657. The highest BCUT2D eigenvalue weighted by molar-refractivity contribution is 9.10. The number of nitrogens with one attached hydrogen (secondary N) is 1. The second-order valence-corrected chi connectivity index (χ2v) is 5.97. The van der Waals surface area contributed by atoms with Gasteiger partial charge in [-0.15, -0.1) is 0 Å². The van der Waals surface area contributed by atoms with Crippen LogP contribution in [0.25, 0.3) is 0 Å². The molecule has 1 aromatic rings. The number of anilines is 1. The molecule has 0 aromatic carbocycles. The first-order valence-corrected chi connectivity index (χ1v) is 6.94. The molecule has 0 fully saturated rings. The van der Waals surface area contributed by atoms with Crippen molar-refractivity contribution < 1.29 is 0 Å². The summed E-state index contributed by atoms with van der Waals surface area (Å²) in [5.74, 6) is 3.69. The molecule has 0 aliphatic rings. The third-order valence-electron chi connectivity index (χ3n) is 3.04. The number of hydrogen-bond acceptors (Lipinski definition) is 3. The molecule has 0 spiro atoms. The molecule has 0 unspecified atom stereocenters. The van der Waals surface area contributed by atoms with Crippen molar-refractivity contribution in [3.63, 3.8) is 0 Å². The summed E-state index contributed by atoms with van der Waals surface area (Å²) >= 11 is 3.39. The summed E-state index contributed by atoms with van der Waals surface area (Å²) in [4.78, 5) is 8.57. The van der Waals surface area contributed by atoms with Crippen LogP contribution in [0, 0.1) is 24.7 Å². The third-order valence-corrected chi connectivity index (χ3v) is 3.44. The molecule has 3 nitrogen and oxygen atoms in total. The Morgan fingerprint density at radius 3 is 2.24 bits per heavy atom. The smallest absolute Gasteiger partial charge is 0.130 e. The molecule has 1 aromatic heterocycles. The van der Waals surface area contributed by atoms with Gasteiger partial charge in [0.05, 0.1) is 0 Å². The minimum absolute atomic E-state index is 0.657. The monoisotopic (exact) mass is 299 g/mol. The Kier molecular flexibility index (Phi) is 5.37. The largest absolute Gasteiger partial charge is 0.370 e. The topological polar surface area (TPSA) is 37.8 Å². The SMILES string of the molecule is Cc1nc(Br)cc(NCC(C(C)C)C(C)C)n1. The Morgan fingerprint density at radius 1 is 1.18 bits per heavy atom. The van der Waals surface area contributed by atoms with E-state index in [2.05, 4.69) is 58.9 Å². The lowest BCUT2D eigenvalue weighted by Crippen LogP contribution is -2.25. The van der Waals surface area contributed by atoms with E-state index in [9.17, 15) is 0 Å². The lowest BCUT2D eigenvalue weighted by Gasteiger charge is -2.25. The van der Waals surface area contributed by atoms with Gasteiger partial charge >= 0.3 is 0 Å². The van der Waals surface area contributed by atoms with Gasteiger partial charge in [0.2, 0.25) is 0 Å². The highest BCUT2D eigenvalue weighted by Crippen LogP contribution is 2.21. The number of aromatic nitrogens is 2. The molecule has 1 heterocycles. The van der Waals surface area contributed by atoms with E-state index in [1.54, 1.807) is 0 Å². The molecule has 96 valence electrons. The third kappa shape index (κ3) is 4.62. The van der Waals surface area contributed by atoms with Gasteiger partial charge < -0.3 is 5.32 Å². The Labute approximate surface area is 113 Å². The van der Waals surface area contributed by atoms with Crippen molar-refractivity contribution in [2.45, 2.75) is 34.6 Å². The van der Waals surface area contributed by atoms with Crippen LogP contribution < -0.4 is 5.32 Å². The van der Waals surface area contributed by atoms with Gasteiger partial charge in [-0.05, 0) is 40.6 Å². The fourth-order valence-corrected chi connectivity index (χ4v) is 2.56. The van der Waals surface area contributed by atoms with Gasteiger partial charge in [0, 0.05) is 12.6 Å². The van der Waals surface area contributed by atoms with Crippen molar-refractivity contribution in [3.8, 4) is 0 Å². The molecule has 0 saturated heterocycles. The second-order valence-electron chi connectivity index (χ2n) is 5.16. The Bertz CT molecular complexity index is 335. The van der Waals surface area contributed by atoms with Crippen LogP contribution in [0.2, 0.25) is 0 Å². The van der Waals surface area contributed by atoms with Crippen LogP contribution in [0.3, 0.4) is 0 Å². The van der Waals surface area contributed by atoms with Crippen LogP contribution in [0.5, 0.6) is 0 Å². The molecule has 0 bridgehead atoms. The van der Waals surface area contributed by atoms with Crippen molar-refractivity contribution in [1.82, 2.24) is 9.97 Å². The standard InChI is InChI=1S/C13H22BrN3/c1-8(2)11(9(3)4)7-15-13-6-12(14)16-10(5)17-13/h6,8-9,11H,7H2,1-5H3,(H,15,16,17). The van der Waals surface area contributed by atoms with E-state index in [4.69, 9.17) is 0 Å². The Balaban J connectivity index is 2.65. The molecule has 0 atom stereocenters. The van der Waals surface area contributed by atoms with Crippen molar-refractivity contribution >= 4 is 21.7 Å². The maximum atomic E-state index is 4.37. The molecule has 0 saturated carbocycles. The number of nitrogens with zero attached hydrogens (tertiary/aromatic N) is 2. The molecular weight excluding hydrogens is 278 g/mol. The number of rotatable bonds is 5. The number of hydrogen-bond donors (Lipinski definition) is 1. The van der Waals surface area contributed by atoms with Crippen LogP contribution in [0.15, 0.2) is 10.7 Å². The van der Waals surface area contributed by atoms with E-state index in [-0.39, 0.29) is 0 Å². The average molecular weight is 300 g/mol. The van der Waals surface area contributed by atoms with Gasteiger partial charge in [0.1, 0.15) is 16.2 Å². The van der Waals surface area contributed by atoms with Crippen molar-refractivity contribution in [1.29, 1.82) is 0 Å². The fourth-order valence-electron chi connectivity index (χ4n) is 2.09. The van der Waals surface area contributed by atoms with Crippen molar-refractivity contribution in [2.24, 2.45) is 17.8 Å². The van der Waals surface area contributed by atoms with Crippen LogP contribution >= 0.6 is 15.9 Å². The molecule has 0 aliphatic carbocycles. The first-order valence-electron chi connectivity index (χ1n) is 6.15. The fraction of sp³-hybridized carbons (Fsp3) is 0.692. The summed E-state index contributed by atoms with van der Waals surface area (Å²) in [5.41, 5.74) is 0. The molecule has 0 radical (unpaired) electrons. The summed E-state index contributed by atoms with van der Waals surface area (Å²) in [7, 11) is 0. The van der Waals surface area contributed by atoms with Gasteiger partial charge in [-0.3, -0.25) is 0 Å². The predicted molar refractivity (Wildman–Crippen MR) is 76.1 cm³/mol. The zero-order valence-electron chi connectivity index (χ0n) is 11.3. The molecule has 0 aliphatic heterocycles. The Hall–Kier alpha value is -0.640. The lowest BCUT2D eigenvalue weighted by atomic mass is 9.85. The van der Waals surface area contributed by atoms with Crippen LogP contribution in [0.1, 0.15) is 33.5 Å². The normalized spacial score (nSPS) is 11.6. The van der Waals surface area contributed by atoms with E-state index >= 15 is 0 Å². The quantitative estimate of drug-likeness (QED) is 0.838. The van der Waals surface area contributed by atoms with Crippen LogP contribution in [0.4, 0.5) is 5.82 Å². The molecule has 4 heteroatoms. The minimum Gasteiger partial charge on any atom is -0.370 e. The summed E-state index contributed by atoms with van der Waals surface area (Å²) in [6.07, 6.45) is 0. The van der Waals surface area contributed by atoms with Crippen molar-refractivity contribution in [3.05, 3.63) is 16.5 Å². The maximum absolute atomic E-state index is 4.37. The average Bonchev–Trinajstić information content (AvgIpc) is 2.14. The first kappa shape index (κ1) is 14.4. The van der Waals surface area contributed by atoms with E-state index in [0.717, 1.165) is 22.8 Å². The van der Waals surface area contributed by atoms with Gasteiger partial charge in [-0.1, -0.05) is 27.7 Å². The van der Waals surface area contributed by atoms with Gasteiger partial charge in [0.15, 0.2) is 0 Å². The highest BCUT2D eigenvalue weighted by atomic mass is 79.9. The zero-order chi connectivity index (χ0) is 13.0. The zero-order valence-corrected chi connectivity index (χ0v) is 12.9. The summed E-state index contributed by atoms with van der Waals surface area (Å²) in [6, 6.07) is 1.92. The highest BCUT2D eigenvalue weighted by Gasteiger charge is 2.17. The van der Waals surface area contributed by atoms with E-state index in [1.165, 1.54) is 0 Å².